The van der Waals surface area contributed by atoms with Crippen molar-refractivity contribution in [1.82, 2.24) is 20.1 Å². The molecule has 0 radical (unpaired) electrons. The van der Waals surface area contributed by atoms with E-state index in [0.29, 0.717) is 6.42 Å². The van der Waals surface area contributed by atoms with Gasteiger partial charge in [-0.05, 0) is 62.6 Å². The molecule has 0 aliphatic rings. The number of thiophene rings is 1. The molecule has 3 aromatic heterocycles. The van der Waals surface area contributed by atoms with E-state index in [9.17, 15) is 4.79 Å². The highest BCUT2D eigenvalue weighted by Crippen LogP contribution is 2.26. The number of nitrogens with one attached hydrogen (secondary N) is 1. The number of rotatable bonds is 8. The summed E-state index contributed by atoms with van der Waals surface area (Å²) in [5.74, 6) is 0.0715. The first kappa shape index (κ1) is 19.8. The second kappa shape index (κ2) is 8.80. The van der Waals surface area contributed by atoms with Crippen LogP contribution in [0.1, 0.15) is 51.4 Å². The molecule has 7 heteroatoms. The van der Waals surface area contributed by atoms with Gasteiger partial charge in [0.15, 0.2) is 0 Å². The van der Waals surface area contributed by atoms with Crippen molar-refractivity contribution in [1.29, 1.82) is 0 Å². The number of carbonyl (C=O) groups excluding carboxylic acids is 1. The highest BCUT2D eigenvalue weighted by atomic mass is 32.1. The van der Waals surface area contributed by atoms with E-state index in [2.05, 4.69) is 45.2 Å². The third-order valence-corrected chi connectivity index (χ3v) is 6.49. The number of thiazole rings is 1. The Hall–Kier alpha value is -1.99. The van der Waals surface area contributed by atoms with Crippen LogP contribution in [0.25, 0.3) is 0 Å². The van der Waals surface area contributed by atoms with Gasteiger partial charge < -0.3 is 5.32 Å². The first-order valence-corrected chi connectivity index (χ1v) is 10.9. The van der Waals surface area contributed by atoms with Crippen LogP contribution >= 0.6 is 22.7 Å². The van der Waals surface area contributed by atoms with Gasteiger partial charge in [0.05, 0.1) is 17.4 Å². The summed E-state index contributed by atoms with van der Waals surface area (Å²) in [6.07, 6.45) is 2.04. The summed E-state index contributed by atoms with van der Waals surface area (Å²) >= 11 is 3.35. The molecule has 0 saturated heterocycles. The van der Waals surface area contributed by atoms with Crippen LogP contribution in [0.4, 0.5) is 0 Å². The SMILES string of the molecule is Cc1cc(C)n(CCCC(=O)N[C@@H](Cc2ccsc2)c2nc(C)c(C)s2)n1. The third-order valence-electron chi connectivity index (χ3n) is 4.58. The van der Waals surface area contributed by atoms with Gasteiger partial charge in [0.25, 0.3) is 0 Å². The van der Waals surface area contributed by atoms with E-state index in [1.165, 1.54) is 10.4 Å². The van der Waals surface area contributed by atoms with E-state index < -0.39 is 0 Å². The van der Waals surface area contributed by atoms with Gasteiger partial charge in [-0.25, -0.2) is 4.98 Å². The molecule has 1 atom stereocenters. The van der Waals surface area contributed by atoms with Crippen LogP contribution in [0, 0.1) is 27.7 Å². The van der Waals surface area contributed by atoms with Gasteiger partial charge >= 0.3 is 0 Å². The zero-order valence-electron chi connectivity index (χ0n) is 16.3. The topological polar surface area (TPSA) is 59.8 Å². The Morgan fingerprint density at radius 1 is 1.30 bits per heavy atom. The number of nitrogens with zero attached hydrogens (tertiary/aromatic N) is 3. The van der Waals surface area contributed by atoms with Gasteiger partial charge in [-0.15, -0.1) is 11.3 Å². The molecule has 1 N–H and O–H groups in total. The lowest BCUT2D eigenvalue weighted by Gasteiger charge is -2.16. The molecular formula is C20H26N4OS2. The molecule has 1 amide bonds. The minimum atomic E-state index is -0.0711. The van der Waals surface area contributed by atoms with Crippen molar-refractivity contribution in [3.05, 3.63) is 55.4 Å². The summed E-state index contributed by atoms with van der Waals surface area (Å²) in [5.41, 5.74) is 4.43. The molecule has 0 unspecified atom stereocenters. The fraction of sp³-hybridized carbons (Fsp3) is 0.450. The third kappa shape index (κ3) is 5.26. The predicted molar refractivity (Wildman–Crippen MR) is 111 cm³/mol. The van der Waals surface area contributed by atoms with Crippen molar-refractivity contribution in [2.75, 3.05) is 0 Å². The maximum atomic E-state index is 12.6. The first-order valence-electron chi connectivity index (χ1n) is 9.18. The molecule has 0 spiro atoms. The van der Waals surface area contributed by atoms with Crippen LogP contribution in [0.2, 0.25) is 0 Å². The lowest BCUT2D eigenvalue weighted by molar-refractivity contribution is -0.122. The number of aryl methyl sites for hydroxylation is 5. The second-order valence-electron chi connectivity index (χ2n) is 6.90. The Balaban J connectivity index is 1.60. The van der Waals surface area contributed by atoms with Crippen LogP contribution < -0.4 is 5.32 Å². The fourth-order valence-corrected chi connectivity index (χ4v) is 4.70. The van der Waals surface area contributed by atoms with Gasteiger partial charge in [-0.2, -0.15) is 16.4 Å². The summed E-state index contributed by atoms with van der Waals surface area (Å²) in [4.78, 5) is 18.5. The highest BCUT2D eigenvalue weighted by molar-refractivity contribution is 7.11. The zero-order valence-corrected chi connectivity index (χ0v) is 17.9. The molecular weight excluding hydrogens is 376 g/mol. The first-order chi connectivity index (χ1) is 12.9. The summed E-state index contributed by atoms with van der Waals surface area (Å²) in [6.45, 7) is 8.90. The van der Waals surface area contributed by atoms with Crippen molar-refractivity contribution in [3.8, 4) is 0 Å². The quantitative estimate of drug-likeness (QED) is 0.603. The summed E-state index contributed by atoms with van der Waals surface area (Å²) in [5, 5.41) is 12.9. The Kier molecular flexibility index (Phi) is 6.44. The number of hydrogen-bond acceptors (Lipinski definition) is 5. The minimum Gasteiger partial charge on any atom is -0.347 e. The van der Waals surface area contributed by atoms with Crippen molar-refractivity contribution in [2.24, 2.45) is 0 Å². The Labute approximate surface area is 168 Å². The monoisotopic (exact) mass is 402 g/mol. The van der Waals surface area contributed by atoms with Gasteiger partial charge in [-0.1, -0.05) is 0 Å². The number of aromatic nitrogens is 3. The minimum absolute atomic E-state index is 0.0711. The lowest BCUT2D eigenvalue weighted by Crippen LogP contribution is -2.30. The molecule has 0 fully saturated rings. The van der Waals surface area contributed by atoms with E-state index in [1.807, 2.05) is 25.5 Å². The molecule has 3 aromatic rings. The van der Waals surface area contributed by atoms with Crippen LogP contribution in [-0.4, -0.2) is 20.7 Å². The van der Waals surface area contributed by atoms with Crippen LogP contribution in [-0.2, 0) is 17.8 Å². The largest absolute Gasteiger partial charge is 0.347 e. The average molecular weight is 403 g/mol. The molecule has 0 aromatic carbocycles. The highest BCUT2D eigenvalue weighted by Gasteiger charge is 2.20. The predicted octanol–water partition coefficient (Wildman–Crippen LogP) is 4.52. The maximum absolute atomic E-state index is 12.6. The second-order valence-corrected chi connectivity index (χ2v) is 8.92. The number of amides is 1. The fourth-order valence-electron chi connectivity index (χ4n) is 3.05. The van der Waals surface area contributed by atoms with E-state index in [1.54, 1.807) is 22.7 Å². The van der Waals surface area contributed by atoms with Crippen molar-refractivity contribution >= 4 is 28.6 Å². The Morgan fingerprint density at radius 3 is 2.70 bits per heavy atom. The van der Waals surface area contributed by atoms with E-state index in [4.69, 9.17) is 0 Å². The number of hydrogen-bond donors (Lipinski definition) is 1. The van der Waals surface area contributed by atoms with Gasteiger partial charge in [-0.3, -0.25) is 9.48 Å². The summed E-state index contributed by atoms with van der Waals surface area (Å²) in [7, 11) is 0. The molecule has 144 valence electrons. The van der Waals surface area contributed by atoms with Crippen LogP contribution in [0.5, 0.6) is 0 Å². The molecule has 0 aliphatic heterocycles. The van der Waals surface area contributed by atoms with Gasteiger partial charge in [0.1, 0.15) is 5.01 Å². The van der Waals surface area contributed by atoms with Crippen LogP contribution in [0.15, 0.2) is 22.9 Å². The Bertz CT molecular complexity index is 876. The molecule has 0 aliphatic carbocycles. The average Bonchev–Trinajstić information content (AvgIpc) is 3.30. The zero-order chi connectivity index (χ0) is 19.4. The standard InChI is InChI=1S/C20H26N4OS2/c1-13-10-14(2)24(23-13)8-5-6-19(25)22-18(11-17-7-9-26-12-17)20-21-15(3)16(4)27-20/h7,9-10,12,18H,5-6,8,11H2,1-4H3,(H,22,25)/t18-/m0/s1. The Morgan fingerprint density at radius 2 is 2.11 bits per heavy atom. The lowest BCUT2D eigenvalue weighted by atomic mass is 10.1. The molecule has 27 heavy (non-hydrogen) atoms. The van der Waals surface area contributed by atoms with Crippen molar-refractivity contribution in [3.63, 3.8) is 0 Å². The van der Waals surface area contributed by atoms with Crippen LogP contribution in [0.3, 0.4) is 0 Å². The van der Waals surface area contributed by atoms with Crippen molar-refractivity contribution in [2.45, 2.75) is 59.5 Å². The molecule has 5 nitrogen and oxygen atoms in total. The number of carbonyl (C=O) groups is 1. The summed E-state index contributed by atoms with van der Waals surface area (Å²) in [6, 6.07) is 4.10. The van der Waals surface area contributed by atoms with E-state index in [0.717, 1.165) is 41.5 Å². The normalized spacial score (nSPS) is 12.3. The van der Waals surface area contributed by atoms with Gasteiger partial charge in [0.2, 0.25) is 5.91 Å². The van der Waals surface area contributed by atoms with Crippen molar-refractivity contribution < 1.29 is 4.79 Å². The van der Waals surface area contributed by atoms with E-state index >= 15 is 0 Å². The molecule has 0 saturated carbocycles. The van der Waals surface area contributed by atoms with E-state index in [-0.39, 0.29) is 11.9 Å². The molecule has 3 rings (SSSR count). The molecule has 3 heterocycles. The summed E-state index contributed by atoms with van der Waals surface area (Å²) < 4.78 is 1.97. The smallest absolute Gasteiger partial charge is 0.220 e. The van der Waals surface area contributed by atoms with Gasteiger partial charge in [0, 0.05) is 30.0 Å². The maximum Gasteiger partial charge on any atom is 0.220 e. The molecule has 0 bridgehead atoms.